The number of amides is 3. The molecule has 0 saturated heterocycles. The van der Waals surface area contributed by atoms with Crippen molar-refractivity contribution in [2.24, 2.45) is 0 Å². The van der Waals surface area contributed by atoms with Crippen LogP contribution < -0.4 is 15.5 Å². The number of carbonyl (C=O) groups is 2. The van der Waals surface area contributed by atoms with E-state index in [0.717, 1.165) is 22.7 Å². The standard InChI is InChI=1S/C22H25F3N4O2S/c1-28(2)12-11-27-21(31)29(14-7-5-4-6-8-14)20(30)18-15-9-10-26-17(15)13-16(19(18)32-3)22(23,24)25/h4-8,13,26H,9-12H2,1-3H3,(H,27,31). The Hall–Kier alpha value is -2.72. The lowest BCUT2D eigenvalue weighted by molar-refractivity contribution is -0.139. The summed E-state index contributed by atoms with van der Waals surface area (Å²) in [5.74, 6) is -0.783. The number of hydrogen-bond donors (Lipinski definition) is 2. The molecule has 2 N–H and O–H groups in total. The highest BCUT2D eigenvalue weighted by Gasteiger charge is 2.40. The van der Waals surface area contributed by atoms with Crippen molar-refractivity contribution in [3.05, 3.63) is 53.1 Å². The first-order chi connectivity index (χ1) is 15.1. The molecule has 3 amide bonds. The number of urea groups is 1. The van der Waals surface area contributed by atoms with Gasteiger partial charge < -0.3 is 15.5 Å². The third-order valence-corrected chi connectivity index (χ3v) is 5.89. The summed E-state index contributed by atoms with van der Waals surface area (Å²) in [5.41, 5.74) is 0.0827. The Balaban J connectivity index is 2.12. The Kier molecular flexibility index (Phi) is 7.35. The molecule has 2 aromatic rings. The van der Waals surface area contributed by atoms with Gasteiger partial charge in [-0.25, -0.2) is 9.69 Å². The summed E-state index contributed by atoms with van der Waals surface area (Å²) in [5, 5.41) is 5.62. The van der Waals surface area contributed by atoms with E-state index in [2.05, 4.69) is 10.6 Å². The maximum absolute atomic E-state index is 13.8. The molecule has 2 aromatic carbocycles. The van der Waals surface area contributed by atoms with Gasteiger partial charge in [0.2, 0.25) is 0 Å². The molecular weight excluding hydrogens is 441 g/mol. The number of rotatable bonds is 6. The van der Waals surface area contributed by atoms with Crippen LogP contribution in [0.25, 0.3) is 0 Å². The lowest BCUT2D eigenvalue weighted by Crippen LogP contribution is -2.46. The molecular formula is C22H25F3N4O2S. The van der Waals surface area contributed by atoms with Gasteiger partial charge in [0.25, 0.3) is 5.91 Å². The van der Waals surface area contributed by atoms with Gasteiger partial charge in [-0.05, 0) is 50.5 Å². The number of thioether (sulfide) groups is 1. The molecule has 3 rings (SSSR count). The minimum Gasteiger partial charge on any atom is -0.384 e. The number of nitrogens with one attached hydrogen (secondary N) is 2. The second-order valence-electron chi connectivity index (χ2n) is 7.54. The predicted molar refractivity (Wildman–Crippen MR) is 121 cm³/mol. The lowest BCUT2D eigenvalue weighted by Gasteiger charge is -2.25. The first-order valence-corrected chi connectivity index (χ1v) is 11.2. The summed E-state index contributed by atoms with van der Waals surface area (Å²) in [6, 6.07) is 8.58. The first-order valence-electron chi connectivity index (χ1n) is 10.0. The van der Waals surface area contributed by atoms with Gasteiger partial charge in [-0.15, -0.1) is 11.8 Å². The maximum atomic E-state index is 13.8. The number of benzene rings is 2. The van der Waals surface area contributed by atoms with Gasteiger partial charge in [0.1, 0.15) is 0 Å². The molecule has 0 unspecified atom stereocenters. The molecule has 32 heavy (non-hydrogen) atoms. The molecule has 0 atom stereocenters. The van der Waals surface area contributed by atoms with Crippen LogP contribution in [0.15, 0.2) is 41.3 Å². The zero-order chi connectivity index (χ0) is 23.5. The fourth-order valence-electron chi connectivity index (χ4n) is 3.57. The highest BCUT2D eigenvalue weighted by Crippen LogP contribution is 2.44. The highest BCUT2D eigenvalue weighted by atomic mass is 32.2. The molecule has 10 heteroatoms. The Morgan fingerprint density at radius 1 is 1.19 bits per heavy atom. The van der Waals surface area contributed by atoms with Crippen molar-refractivity contribution in [2.75, 3.05) is 50.2 Å². The van der Waals surface area contributed by atoms with Crippen LogP contribution in [0, 0.1) is 0 Å². The van der Waals surface area contributed by atoms with Gasteiger partial charge in [-0.1, -0.05) is 18.2 Å². The number of hydrogen-bond acceptors (Lipinski definition) is 5. The largest absolute Gasteiger partial charge is 0.417 e. The third-order valence-electron chi connectivity index (χ3n) is 5.06. The fraction of sp³-hybridized carbons (Fsp3) is 0.364. The summed E-state index contributed by atoms with van der Waals surface area (Å²) in [7, 11) is 3.69. The van der Waals surface area contributed by atoms with Crippen molar-refractivity contribution in [1.82, 2.24) is 10.2 Å². The zero-order valence-corrected chi connectivity index (χ0v) is 18.9. The Bertz CT molecular complexity index is 997. The quantitative estimate of drug-likeness (QED) is 0.621. The van der Waals surface area contributed by atoms with E-state index in [1.807, 2.05) is 19.0 Å². The Labute approximate surface area is 189 Å². The van der Waals surface area contributed by atoms with Crippen LogP contribution in [0.1, 0.15) is 21.5 Å². The second-order valence-corrected chi connectivity index (χ2v) is 8.36. The summed E-state index contributed by atoms with van der Waals surface area (Å²) in [4.78, 5) is 29.4. The normalized spacial score (nSPS) is 13.0. The van der Waals surface area contributed by atoms with Crippen molar-refractivity contribution in [3.63, 3.8) is 0 Å². The van der Waals surface area contributed by atoms with Gasteiger partial charge in [0.05, 0.1) is 16.8 Å². The van der Waals surface area contributed by atoms with Gasteiger partial charge in [0.15, 0.2) is 0 Å². The van der Waals surface area contributed by atoms with Crippen LogP contribution in [0.2, 0.25) is 0 Å². The number of fused-ring (bicyclic) bond motifs is 1. The van der Waals surface area contributed by atoms with E-state index < -0.39 is 23.7 Å². The number of alkyl halides is 3. The number of para-hydroxylation sites is 1. The number of nitrogens with zero attached hydrogens (tertiary/aromatic N) is 2. The van der Waals surface area contributed by atoms with Crippen LogP contribution in [-0.2, 0) is 12.6 Å². The molecule has 1 heterocycles. The second kappa shape index (κ2) is 9.83. The molecule has 1 aliphatic rings. The van der Waals surface area contributed by atoms with Crippen LogP contribution in [0.5, 0.6) is 0 Å². The summed E-state index contributed by atoms with van der Waals surface area (Å²) < 4.78 is 41.5. The molecule has 0 aliphatic carbocycles. The monoisotopic (exact) mass is 466 g/mol. The maximum Gasteiger partial charge on any atom is 0.417 e. The molecule has 0 fully saturated rings. The van der Waals surface area contributed by atoms with E-state index in [9.17, 15) is 22.8 Å². The number of imide groups is 1. The topological polar surface area (TPSA) is 64.7 Å². The molecule has 172 valence electrons. The van der Waals surface area contributed by atoms with Crippen molar-refractivity contribution < 1.29 is 22.8 Å². The smallest absolute Gasteiger partial charge is 0.384 e. The molecule has 0 saturated carbocycles. The van der Waals surface area contributed by atoms with E-state index in [1.54, 1.807) is 30.3 Å². The molecule has 0 radical (unpaired) electrons. The van der Waals surface area contributed by atoms with Crippen LogP contribution in [0.4, 0.5) is 29.3 Å². The van der Waals surface area contributed by atoms with Crippen LogP contribution in [-0.4, -0.2) is 56.8 Å². The van der Waals surface area contributed by atoms with Crippen molar-refractivity contribution in [1.29, 1.82) is 0 Å². The van der Waals surface area contributed by atoms with Crippen molar-refractivity contribution >= 4 is 35.1 Å². The minimum absolute atomic E-state index is 0.0843. The minimum atomic E-state index is -4.64. The van der Waals surface area contributed by atoms with Crippen LogP contribution in [0.3, 0.4) is 0 Å². The molecule has 0 spiro atoms. The number of anilines is 2. The van der Waals surface area contributed by atoms with Gasteiger partial charge in [0, 0.05) is 30.2 Å². The average molecular weight is 467 g/mol. The highest BCUT2D eigenvalue weighted by molar-refractivity contribution is 7.98. The zero-order valence-electron chi connectivity index (χ0n) is 18.0. The van der Waals surface area contributed by atoms with E-state index in [-0.39, 0.29) is 28.4 Å². The van der Waals surface area contributed by atoms with E-state index in [1.165, 1.54) is 6.26 Å². The Morgan fingerprint density at radius 3 is 2.47 bits per heavy atom. The number of carbonyl (C=O) groups excluding carboxylic acids is 2. The van der Waals surface area contributed by atoms with Gasteiger partial charge >= 0.3 is 12.2 Å². The van der Waals surface area contributed by atoms with Gasteiger partial charge in [-0.2, -0.15) is 13.2 Å². The molecule has 6 nitrogen and oxygen atoms in total. The molecule has 0 bridgehead atoms. The summed E-state index contributed by atoms with van der Waals surface area (Å²) in [6.07, 6.45) is -2.74. The Morgan fingerprint density at radius 2 is 1.88 bits per heavy atom. The summed E-state index contributed by atoms with van der Waals surface area (Å²) in [6.45, 7) is 1.24. The van der Waals surface area contributed by atoms with E-state index in [0.29, 0.717) is 25.1 Å². The van der Waals surface area contributed by atoms with Gasteiger partial charge in [-0.3, -0.25) is 4.79 Å². The molecule has 1 aliphatic heterocycles. The third kappa shape index (κ3) is 5.02. The fourth-order valence-corrected chi connectivity index (χ4v) is 4.38. The average Bonchev–Trinajstić information content (AvgIpc) is 3.20. The van der Waals surface area contributed by atoms with Crippen molar-refractivity contribution in [2.45, 2.75) is 17.5 Å². The van der Waals surface area contributed by atoms with E-state index in [4.69, 9.17) is 0 Å². The molecule has 0 aromatic heterocycles. The SMILES string of the molecule is CSc1c(C(F)(F)F)cc2c(c1C(=O)N(C(=O)NCCN(C)C)c1ccccc1)CCN2. The summed E-state index contributed by atoms with van der Waals surface area (Å²) >= 11 is 0.856. The number of likely N-dealkylation sites (N-methyl/N-ethyl adjacent to an activating group) is 1. The number of halogens is 3. The first kappa shape index (κ1) is 23.9. The van der Waals surface area contributed by atoms with E-state index >= 15 is 0 Å². The predicted octanol–water partition coefficient (Wildman–Crippen LogP) is 4.31. The van der Waals surface area contributed by atoms with Crippen molar-refractivity contribution in [3.8, 4) is 0 Å². The van der Waals surface area contributed by atoms with Crippen LogP contribution >= 0.6 is 11.8 Å². The lowest BCUT2D eigenvalue weighted by atomic mass is 9.99.